The second kappa shape index (κ2) is 3.48. The van der Waals surface area contributed by atoms with Crippen LogP contribution in [-0.2, 0) is 19.9 Å². The summed E-state index contributed by atoms with van der Waals surface area (Å²) in [7, 11) is 2.03. The third-order valence-electron chi connectivity index (χ3n) is 3.60. The number of fused-ring (bicyclic) bond motifs is 3. The monoisotopic (exact) mass is 212 g/mol. The molecule has 0 saturated carbocycles. The van der Waals surface area contributed by atoms with Crippen LogP contribution in [-0.4, -0.2) is 9.78 Å². The van der Waals surface area contributed by atoms with E-state index >= 15 is 0 Å². The summed E-state index contributed by atoms with van der Waals surface area (Å²) in [5.74, 6) is 0. The molecule has 0 unspecified atom stereocenters. The maximum Gasteiger partial charge on any atom is 0.0960 e. The summed E-state index contributed by atoms with van der Waals surface area (Å²) in [6.45, 7) is 2.17. The van der Waals surface area contributed by atoms with Crippen LogP contribution < -0.4 is 0 Å². The van der Waals surface area contributed by atoms with Crippen molar-refractivity contribution in [3.8, 4) is 11.3 Å². The molecule has 3 rings (SSSR count). The van der Waals surface area contributed by atoms with Gasteiger partial charge < -0.3 is 0 Å². The molecule has 0 bridgehead atoms. The zero-order valence-corrected chi connectivity index (χ0v) is 9.83. The summed E-state index contributed by atoms with van der Waals surface area (Å²) in [5, 5.41) is 4.67. The number of hydrogen-bond acceptors (Lipinski definition) is 1. The molecule has 1 aliphatic rings. The van der Waals surface area contributed by atoms with Crippen LogP contribution in [0.15, 0.2) is 24.3 Å². The van der Waals surface area contributed by atoms with Gasteiger partial charge in [-0.15, -0.1) is 0 Å². The van der Waals surface area contributed by atoms with Crippen LogP contribution in [0.2, 0.25) is 0 Å². The Morgan fingerprint density at radius 3 is 2.88 bits per heavy atom. The van der Waals surface area contributed by atoms with Gasteiger partial charge in [-0.2, -0.15) is 5.10 Å². The molecule has 16 heavy (non-hydrogen) atoms. The van der Waals surface area contributed by atoms with Gasteiger partial charge in [0.2, 0.25) is 0 Å². The van der Waals surface area contributed by atoms with E-state index in [1.807, 2.05) is 11.7 Å². The molecule has 0 fully saturated rings. The van der Waals surface area contributed by atoms with Crippen LogP contribution in [0, 0.1) is 6.92 Å². The molecule has 0 radical (unpaired) electrons. The lowest BCUT2D eigenvalue weighted by Crippen LogP contribution is -1.95. The van der Waals surface area contributed by atoms with Gasteiger partial charge in [0, 0.05) is 23.9 Å². The fourth-order valence-corrected chi connectivity index (χ4v) is 2.59. The largest absolute Gasteiger partial charge is 0.272 e. The van der Waals surface area contributed by atoms with Crippen LogP contribution >= 0.6 is 0 Å². The molecule has 0 N–H and O–H groups in total. The van der Waals surface area contributed by atoms with E-state index in [4.69, 9.17) is 0 Å². The Morgan fingerprint density at radius 2 is 2.00 bits per heavy atom. The van der Waals surface area contributed by atoms with Crippen molar-refractivity contribution in [1.82, 2.24) is 9.78 Å². The van der Waals surface area contributed by atoms with Crippen molar-refractivity contribution in [3.05, 3.63) is 41.1 Å². The summed E-state index contributed by atoms with van der Waals surface area (Å²) in [5.41, 5.74) is 6.73. The number of aromatic nitrogens is 2. The Hall–Kier alpha value is -1.57. The third kappa shape index (κ3) is 1.29. The minimum Gasteiger partial charge on any atom is -0.272 e. The van der Waals surface area contributed by atoms with Crippen molar-refractivity contribution in [2.45, 2.75) is 26.2 Å². The summed E-state index contributed by atoms with van der Waals surface area (Å²) >= 11 is 0. The highest BCUT2D eigenvalue weighted by Crippen LogP contribution is 2.32. The minimum atomic E-state index is 1.16. The molecule has 0 aliphatic heterocycles. The zero-order chi connectivity index (χ0) is 11.1. The molecule has 82 valence electrons. The van der Waals surface area contributed by atoms with E-state index in [0.717, 1.165) is 6.42 Å². The first kappa shape index (κ1) is 9.64. The van der Waals surface area contributed by atoms with Gasteiger partial charge in [-0.25, -0.2) is 0 Å². The molecule has 2 nitrogen and oxygen atoms in total. The second-order valence-electron chi connectivity index (χ2n) is 4.55. The maximum atomic E-state index is 4.67. The Kier molecular flexibility index (Phi) is 2.10. The van der Waals surface area contributed by atoms with Crippen molar-refractivity contribution >= 4 is 0 Å². The number of hydrogen-bond donors (Lipinski definition) is 0. The maximum absolute atomic E-state index is 4.67. The number of nitrogens with zero attached hydrogens (tertiary/aromatic N) is 2. The first-order valence-corrected chi connectivity index (χ1v) is 5.88. The number of benzene rings is 1. The van der Waals surface area contributed by atoms with Crippen LogP contribution in [0.5, 0.6) is 0 Å². The number of aryl methyl sites for hydroxylation is 2. The highest BCUT2D eigenvalue weighted by atomic mass is 15.3. The van der Waals surface area contributed by atoms with Gasteiger partial charge in [-0.3, -0.25) is 4.68 Å². The van der Waals surface area contributed by atoms with Gasteiger partial charge in [0.25, 0.3) is 0 Å². The smallest absolute Gasteiger partial charge is 0.0960 e. The van der Waals surface area contributed by atoms with Crippen LogP contribution in [0.4, 0.5) is 0 Å². The van der Waals surface area contributed by atoms with Gasteiger partial charge in [-0.05, 0) is 31.7 Å². The number of rotatable bonds is 0. The van der Waals surface area contributed by atoms with Crippen molar-refractivity contribution in [3.63, 3.8) is 0 Å². The van der Waals surface area contributed by atoms with E-state index in [9.17, 15) is 0 Å². The van der Waals surface area contributed by atoms with Gasteiger partial charge in [0.15, 0.2) is 0 Å². The van der Waals surface area contributed by atoms with Gasteiger partial charge in [0.1, 0.15) is 0 Å². The topological polar surface area (TPSA) is 17.8 Å². The summed E-state index contributed by atoms with van der Waals surface area (Å²) in [6, 6.07) is 8.66. The molecular formula is C14H16N2. The molecule has 2 aromatic rings. The second-order valence-corrected chi connectivity index (χ2v) is 4.55. The molecule has 0 atom stereocenters. The molecule has 1 aliphatic carbocycles. The Bertz CT molecular complexity index is 538. The molecule has 1 heterocycles. The normalized spacial score (nSPS) is 14.1. The van der Waals surface area contributed by atoms with Gasteiger partial charge >= 0.3 is 0 Å². The SMILES string of the molecule is Cc1c2c(nn1C)-c1ccccc1CCC2. The Labute approximate surface area is 95.9 Å². The average Bonchev–Trinajstić information content (AvgIpc) is 2.50. The van der Waals surface area contributed by atoms with Crippen molar-refractivity contribution in [2.75, 3.05) is 0 Å². The molecule has 0 spiro atoms. The highest BCUT2D eigenvalue weighted by Gasteiger charge is 2.19. The molecule has 1 aromatic heterocycles. The predicted octanol–water partition coefficient (Wildman–Crippen LogP) is 2.88. The first-order chi connectivity index (χ1) is 7.77. The fourth-order valence-electron chi connectivity index (χ4n) is 2.59. The first-order valence-electron chi connectivity index (χ1n) is 5.88. The van der Waals surface area contributed by atoms with Gasteiger partial charge in [-0.1, -0.05) is 24.3 Å². The van der Waals surface area contributed by atoms with Crippen molar-refractivity contribution < 1.29 is 0 Å². The quantitative estimate of drug-likeness (QED) is 0.656. The van der Waals surface area contributed by atoms with E-state index in [1.165, 1.54) is 40.9 Å². The van der Waals surface area contributed by atoms with Crippen molar-refractivity contribution in [1.29, 1.82) is 0 Å². The molecule has 0 saturated heterocycles. The van der Waals surface area contributed by atoms with Crippen LogP contribution in [0.3, 0.4) is 0 Å². The van der Waals surface area contributed by atoms with Crippen LogP contribution in [0.25, 0.3) is 11.3 Å². The van der Waals surface area contributed by atoms with Gasteiger partial charge in [0.05, 0.1) is 5.69 Å². The summed E-state index contributed by atoms with van der Waals surface area (Å²) in [6.07, 6.45) is 3.57. The van der Waals surface area contributed by atoms with E-state index in [2.05, 4.69) is 36.3 Å². The molecular weight excluding hydrogens is 196 g/mol. The molecule has 0 amide bonds. The highest BCUT2D eigenvalue weighted by molar-refractivity contribution is 5.68. The zero-order valence-electron chi connectivity index (χ0n) is 9.83. The lowest BCUT2D eigenvalue weighted by atomic mass is 10.0. The van der Waals surface area contributed by atoms with Crippen molar-refractivity contribution in [2.24, 2.45) is 7.05 Å². The van der Waals surface area contributed by atoms with E-state index < -0.39 is 0 Å². The standard InChI is InChI=1S/C14H16N2/c1-10-12-9-5-7-11-6-3-4-8-13(11)14(12)15-16(10)2/h3-4,6,8H,5,7,9H2,1-2H3. The lowest BCUT2D eigenvalue weighted by molar-refractivity contribution is 0.733. The van der Waals surface area contributed by atoms with E-state index in [-0.39, 0.29) is 0 Å². The predicted molar refractivity (Wildman–Crippen MR) is 65.4 cm³/mol. The molecule has 2 heteroatoms. The Morgan fingerprint density at radius 1 is 1.19 bits per heavy atom. The summed E-state index contributed by atoms with van der Waals surface area (Å²) in [4.78, 5) is 0. The minimum absolute atomic E-state index is 1.16. The van der Waals surface area contributed by atoms with Crippen LogP contribution in [0.1, 0.15) is 23.2 Å². The molecule has 1 aromatic carbocycles. The average molecular weight is 212 g/mol. The summed E-state index contributed by atoms with van der Waals surface area (Å²) < 4.78 is 2.01. The lowest BCUT2D eigenvalue weighted by Gasteiger charge is -2.03. The third-order valence-corrected chi connectivity index (χ3v) is 3.60. The van der Waals surface area contributed by atoms with E-state index in [0.29, 0.717) is 0 Å². The fraction of sp³-hybridized carbons (Fsp3) is 0.357. The Balaban J connectivity index is 2.29. The van der Waals surface area contributed by atoms with E-state index in [1.54, 1.807) is 0 Å².